The normalized spacial score (nSPS) is 16.4. The number of halogens is 2. The molecule has 2 fully saturated rings. The molecule has 9 nitrogen and oxygen atoms in total. The lowest BCUT2D eigenvalue weighted by atomic mass is 10.2. The summed E-state index contributed by atoms with van der Waals surface area (Å²) in [5.74, 6) is 1.76. The molecule has 0 spiro atoms. The zero-order valence-corrected chi connectivity index (χ0v) is 18.8. The molecule has 178 valence electrons. The topological polar surface area (TPSA) is 89.3 Å². The Morgan fingerprint density at radius 1 is 1.06 bits per heavy atom. The highest BCUT2D eigenvalue weighted by Gasteiger charge is 2.30. The fraction of sp³-hybridized carbons (Fsp3) is 0.435. The molecule has 0 unspecified atom stereocenters. The first kappa shape index (κ1) is 22.2. The molecule has 3 heterocycles. The van der Waals surface area contributed by atoms with Gasteiger partial charge in [-0.1, -0.05) is 17.3 Å². The maximum Gasteiger partial charge on any atom is 0.263 e. The van der Waals surface area contributed by atoms with Gasteiger partial charge in [0.25, 0.3) is 6.43 Å². The number of benzene rings is 1. The maximum absolute atomic E-state index is 12.8. The Kier molecular flexibility index (Phi) is 6.08. The Balaban J connectivity index is 1.21. The molecular weight excluding hydrogens is 444 g/mol. The molecule has 1 amide bonds. The quantitative estimate of drug-likeness (QED) is 0.501. The van der Waals surface area contributed by atoms with Crippen LogP contribution in [0.1, 0.15) is 36.2 Å². The molecule has 0 radical (unpaired) electrons. The summed E-state index contributed by atoms with van der Waals surface area (Å²) in [5, 5.41) is 16.6. The number of anilines is 1. The summed E-state index contributed by atoms with van der Waals surface area (Å²) >= 11 is 0. The first-order valence-corrected chi connectivity index (χ1v) is 11.3. The number of piperazine rings is 1. The van der Waals surface area contributed by atoms with Crippen molar-refractivity contribution in [3.8, 4) is 11.6 Å². The van der Waals surface area contributed by atoms with Crippen LogP contribution in [0.2, 0.25) is 0 Å². The van der Waals surface area contributed by atoms with Crippen LogP contribution < -0.4 is 9.64 Å². The third kappa shape index (κ3) is 4.82. The van der Waals surface area contributed by atoms with Crippen molar-refractivity contribution < 1.29 is 18.3 Å². The van der Waals surface area contributed by atoms with Crippen LogP contribution in [0, 0.1) is 12.8 Å². The zero-order valence-electron chi connectivity index (χ0n) is 18.8. The van der Waals surface area contributed by atoms with E-state index in [0.717, 1.165) is 13.1 Å². The van der Waals surface area contributed by atoms with E-state index >= 15 is 0 Å². The van der Waals surface area contributed by atoms with Gasteiger partial charge in [0.2, 0.25) is 11.8 Å². The van der Waals surface area contributed by atoms with Crippen molar-refractivity contribution in [3.05, 3.63) is 53.3 Å². The minimum atomic E-state index is -2.53. The Hall–Kier alpha value is -3.63. The molecule has 34 heavy (non-hydrogen) atoms. The van der Waals surface area contributed by atoms with Crippen LogP contribution in [-0.4, -0.2) is 62.2 Å². The second-order valence-electron chi connectivity index (χ2n) is 8.65. The van der Waals surface area contributed by atoms with Crippen molar-refractivity contribution in [1.29, 1.82) is 0 Å². The summed E-state index contributed by atoms with van der Waals surface area (Å²) in [6.07, 6.45) is -0.0792. The molecule has 1 saturated heterocycles. The largest absolute Gasteiger partial charge is 0.470 e. The Morgan fingerprint density at radius 3 is 2.50 bits per heavy atom. The summed E-state index contributed by atoms with van der Waals surface area (Å²) < 4.78 is 33.0. The first-order valence-electron chi connectivity index (χ1n) is 11.3. The predicted molar refractivity (Wildman–Crippen MR) is 119 cm³/mol. The Morgan fingerprint density at radius 2 is 1.85 bits per heavy atom. The fourth-order valence-electron chi connectivity index (χ4n) is 3.92. The van der Waals surface area contributed by atoms with E-state index in [1.54, 1.807) is 35.9 Å². The molecule has 1 aromatic carbocycles. The zero-order chi connectivity index (χ0) is 23.7. The molecular formula is C23H25F2N7O2. The van der Waals surface area contributed by atoms with E-state index < -0.39 is 6.43 Å². The van der Waals surface area contributed by atoms with Crippen LogP contribution in [0.15, 0.2) is 36.4 Å². The van der Waals surface area contributed by atoms with E-state index in [-0.39, 0.29) is 18.1 Å². The third-order valence-electron chi connectivity index (χ3n) is 6.15. The lowest BCUT2D eigenvalue weighted by Crippen LogP contribution is -2.51. The smallest absolute Gasteiger partial charge is 0.263 e. The number of carbonyl (C=O) groups is 1. The average molecular weight is 469 g/mol. The second-order valence-corrected chi connectivity index (χ2v) is 8.65. The molecule has 11 heteroatoms. The molecule has 2 aliphatic rings. The molecule has 1 aliphatic carbocycles. The van der Waals surface area contributed by atoms with Crippen molar-refractivity contribution in [2.24, 2.45) is 5.92 Å². The van der Waals surface area contributed by atoms with Crippen LogP contribution in [0.4, 0.5) is 14.6 Å². The van der Waals surface area contributed by atoms with E-state index in [2.05, 4.69) is 20.5 Å². The Labute approximate surface area is 195 Å². The SMILES string of the molecule is Cc1nnn(-c2ccc(C(F)F)cc2)c1COc1ccc(N2CCN(CC3CC3)C(=O)C2)nn1. The molecule has 2 aromatic heterocycles. The van der Waals surface area contributed by atoms with Crippen molar-refractivity contribution in [3.63, 3.8) is 0 Å². The summed E-state index contributed by atoms with van der Waals surface area (Å²) in [6, 6.07) is 9.37. The van der Waals surface area contributed by atoms with Gasteiger partial charge in [0.15, 0.2) is 5.82 Å². The number of rotatable bonds is 8. The first-order chi connectivity index (χ1) is 16.5. The lowest BCUT2D eigenvalue weighted by molar-refractivity contribution is -0.131. The van der Waals surface area contributed by atoms with Crippen LogP contribution in [0.3, 0.4) is 0 Å². The standard InChI is InChI=1S/C23H25F2N7O2/c1-15-19(32(29-26-15)18-6-4-17(5-7-18)23(24)25)14-34-21-9-8-20(27-28-21)30-10-11-31(22(33)13-30)12-16-2-3-16/h4-9,16,23H,2-3,10-14H2,1H3. The number of carbonyl (C=O) groups excluding carboxylic acids is 1. The summed E-state index contributed by atoms with van der Waals surface area (Å²) in [6.45, 7) is 4.51. The minimum Gasteiger partial charge on any atom is -0.470 e. The highest BCUT2D eigenvalue weighted by atomic mass is 19.3. The average Bonchev–Trinajstić information content (AvgIpc) is 3.59. The monoisotopic (exact) mass is 469 g/mol. The highest BCUT2D eigenvalue weighted by Crippen LogP contribution is 2.30. The molecule has 3 aromatic rings. The lowest BCUT2D eigenvalue weighted by Gasteiger charge is -2.34. The van der Waals surface area contributed by atoms with Gasteiger partial charge in [-0.3, -0.25) is 4.79 Å². The van der Waals surface area contributed by atoms with Gasteiger partial charge in [0, 0.05) is 31.3 Å². The van der Waals surface area contributed by atoms with Gasteiger partial charge in [-0.15, -0.1) is 15.3 Å². The number of alkyl halides is 2. The molecule has 0 N–H and O–H groups in total. The number of ether oxygens (including phenoxy) is 1. The van der Waals surface area contributed by atoms with Crippen LogP contribution in [-0.2, 0) is 11.4 Å². The Bertz CT molecular complexity index is 1150. The van der Waals surface area contributed by atoms with Crippen molar-refractivity contribution in [2.45, 2.75) is 32.8 Å². The molecule has 1 saturated carbocycles. The van der Waals surface area contributed by atoms with Gasteiger partial charge in [-0.25, -0.2) is 13.5 Å². The number of hydrogen-bond acceptors (Lipinski definition) is 7. The van der Waals surface area contributed by atoms with Gasteiger partial charge in [-0.2, -0.15) is 0 Å². The molecule has 0 atom stereocenters. The molecule has 5 rings (SSSR count). The molecule has 1 aliphatic heterocycles. The highest BCUT2D eigenvalue weighted by molar-refractivity contribution is 5.82. The number of aromatic nitrogens is 5. The van der Waals surface area contributed by atoms with Crippen molar-refractivity contribution in [1.82, 2.24) is 30.1 Å². The van der Waals surface area contributed by atoms with E-state index in [1.807, 2.05) is 9.80 Å². The summed E-state index contributed by atoms with van der Waals surface area (Å²) in [7, 11) is 0. The second kappa shape index (κ2) is 9.32. The van der Waals surface area contributed by atoms with E-state index in [9.17, 15) is 13.6 Å². The van der Waals surface area contributed by atoms with Crippen molar-refractivity contribution in [2.75, 3.05) is 31.1 Å². The molecule has 0 bridgehead atoms. The van der Waals surface area contributed by atoms with Gasteiger partial charge in [0.05, 0.1) is 17.9 Å². The van der Waals surface area contributed by atoms with Crippen molar-refractivity contribution >= 4 is 11.7 Å². The van der Waals surface area contributed by atoms with Crippen LogP contribution >= 0.6 is 0 Å². The summed E-state index contributed by atoms with van der Waals surface area (Å²) in [5.41, 5.74) is 1.88. The fourth-order valence-corrected chi connectivity index (χ4v) is 3.92. The number of aryl methyl sites for hydroxylation is 1. The van der Waals surface area contributed by atoms with Crippen LogP contribution in [0.5, 0.6) is 5.88 Å². The van der Waals surface area contributed by atoms with Gasteiger partial charge in [0.1, 0.15) is 12.3 Å². The third-order valence-corrected chi connectivity index (χ3v) is 6.15. The maximum atomic E-state index is 12.8. The van der Waals surface area contributed by atoms with E-state index in [0.29, 0.717) is 47.8 Å². The van der Waals surface area contributed by atoms with E-state index in [4.69, 9.17) is 4.74 Å². The minimum absolute atomic E-state index is 0.0558. The number of nitrogens with zero attached hydrogens (tertiary/aromatic N) is 7. The van der Waals surface area contributed by atoms with Crippen LogP contribution in [0.25, 0.3) is 5.69 Å². The number of amides is 1. The van der Waals surface area contributed by atoms with Gasteiger partial charge in [-0.05, 0) is 43.9 Å². The van der Waals surface area contributed by atoms with Gasteiger partial charge >= 0.3 is 0 Å². The van der Waals surface area contributed by atoms with Gasteiger partial charge < -0.3 is 14.5 Å². The van der Waals surface area contributed by atoms with E-state index in [1.165, 1.54) is 25.0 Å². The predicted octanol–water partition coefficient (Wildman–Crippen LogP) is 2.94. The number of hydrogen-bond donors (Lipinski definition) is 0. The summed E-state index contributed by atoms with van der Waals surface area (Å²) in [4.78, 5) is 16.3.